The molecule has 1 aromatic carbocycles. The summed E-state index contributed by atoms with van der Waals surface area (Å²) in [6.45, 7) is 7.32. The minimum atomic E-state index is -0.528. The third kappa shape index (κ3) is 2.73. The lowest BCUT2D eigenvalue weighted by atomic mass is 10.1. The average Bonchev–Trinajstić information content (AvgIpc) is 2.96. The molecule has 1 N–H and O–H groups in total. The maximum absolute atomic E-state index is 12.3. The Kier molecular flexibility index (Phi) is 3.92. The third-order valence-electron chi connectivity index (χ3n) is 4.48. The predicted molar refractivity (Wildman–Crippen MR) is 83.0 cm³/mol. The fourth-order valence-electron chi connectivity index (χ4n) is 2.98. The van der Waals surface area contributed by atoms with E-state index < -0.39 is 12.1 Å². The summed E-state index contributed by atoms with van der Waals surface area (Å²) in [6, 6.07) is 5.78. The van der Waals surface area contributed by atoms with Gasteiger partial charge in [0.2, 0.25) is 5.91 Å². The van der Waals surface area contributed by atoms with Crippen molar-refractivity contribution in [2.45, 2.75) is 19.9 Å². The summed E-state index contributed by atoms with van der Waals surface area (Å²) in [5.41, 5.74) is 3.81. The van der Waals surface area contributed by atoms with Crippen molar-refractivity contribution in [3.05, 3.63) is 29.3 Å². The maximum atomic E-state index is 12.3. The summed E-state index contributed by atoms with van der Waals surface area (Å²) < 4.78 is 4.79. The van der Waals surface area contributed by atoms with E-state index in [4.69, 9.17) is 4.74 Å². The second-order valence-corrected chi connectivity index (χ2v) is 5.83. The van der Waals surface area contributed by atoms with Crippen molar-refractivity contribution < 1.29 is 14.3 Å². The molecule has 1 unspecified atom stereocenters. The van der Waals surface area contributed by atoms with Crippen LogP contribution in [0.25, 0.3) is 0 Å². The number of nitrogens with one attached hydrogen (secondary N) is 1. The highest BCUT2D eigenvalue weighted by atomic mass is 16.6. The Hall–Kier alpha value is -2.24. The Bertz CT molecular complexity index is 594. The fraction of sp³-hybridized carbons (Fsp3) is 0.500. The number of ether oxygens (including phenoxy) is 1. The molecule has 0 spiro atoms. The minimum Gasteiger partial charge on any atom is -0.447 e. The largest absolute Gasteiger partial charge is 0.447 e. The van der Waals surface area contributed by atoms with Gasteiger partial charge in [0.05, 0.1) is 0 Å². The summed E-state index contributed by atoms with van der Waals surface area (Å²) in [7, 11) is 0. The van der Waals surface area contributed by atoms with Crippen LogP contribution in [0.3, 0.4) is 0 Å². The molecule has 3 rings (SSSR count). The quantitative estimate of drug-likeness (QED) is 0.887. The maximum Gasteiger partial charge on any atom is 0.407 e. The van der Waals surface area contributed by atoms with Gasteiger partial charge in [-0.25, -0.2) is 4.79 Å². The summed E-state index contributed by atoms with van der Waals surface area (Å²) in [5, 5.41) is 2.54. The number of carbonyl (C=O) groups excluding carboxylic acids is 2. The lowest BCUT2D eigenvalue weighted by Gasteiger charge is -2.37. The highest BCUT2D eigenvalue weighted by Crippen LogP contribution is 2.24. The fourth-order valence-corrected chi connectivity index (χ4v) is 2.98. The van der Waals surface area contributed by atoms with Gasteiger partial charge in [-0.2, -0.15) is 0 Å². The van der Waals surface area contributed by atoms with E-state index in [1.807, 2.05) is 0 Å². The van der Waals surface area contributed by atoms with Crippen LogP contribution in [0.1, 0.15) is 11.1 Å². The molecule has 6 nitrogen and oxygen atoms in total. The van der Waals surface area contributed by atoms with E-state index in [0.29, 0.717) is 13.1 Å². The van der Waals surface area contributed by atoms with Gasteiger partial charge >= 0.3 is 6.09 Å². The van der Waals surface area contributed by atoms with Gasteiger partial charge in [0.1, 0.15) is 12.6 Å². The predicted octanol–water partition coefficient (Wildman–Crippen LogP) is 1.06. The number of anilines is 1. The van der Waals surface area contributed by atoms with E-state index in [1.54, 1.807) is 4.90 Å². The van der Waals surface area contributed by atoms with Crippen LogP contribution < -0.4 is 10.2 Å². The van der Waals surface area contributed by atoms with Crippen LogP contribution in [0, 0.1) is 13.8 Å². The van der Waals surface area contributed by atoms with E-state index >= 15 is 0 Å². The molecule has 0 aromatic heterocycles. The number of cyclic esters (lactones) is 1. The van der Waals surface area contributed by atoms with Crippen LogP contribution in [0.4, 0.5) is 10.5 Å². The Morgan fingerprint density at radius 3 is 2.59 bits per heavy atom. The first-order valence-corrected chi connectivity index (χ1v) is 7.59. The van der Waals surface area contributed by atoms with Gasteiger partial charge in [-0.3, -0.25) is 4.79 Å². The number of nitrogens with zero attached hydrogens (tertiary/aromatic N) is 2. The Morgan fingerprint density at radius 2 is 1.95 bits per heavy atom. The highest BCUT2D eigenvalue weighted by Gasteiger charge is 2.33. The molecule has 6 heteroatoms. The number of benzene rings is 1. The number of carbonyl (C=O) groups is 2. The Morgan fingerprint density at radius 1 is 1.23 bits per heavy atom. The molecule has 1 aromatic rings. The van der Waals surface area contributed by atoms with Crippen LogP contribution in [-0.4, -0.2) is 55.7 Å². The smallest absolute Gasteiger partial charge is 0.407 e. The third-order valence-corrected chi connectivity index (χ3v) is 4.48. The first-order valence-electron chi connectivity index (χ1n) is 7.59. The van der Waals surface area contributed by atoms with Gasteiger partial charge in [0.15, 0.2) is 0 Å². The van der Waals surface area contributed by atoms with E-state index in [0.717, 1.165) is 13.1 Å². The van der Waals surface area contributed by atoms with Gasteiger partial charge in [0, 0.05) is 31.9 Å². The highest BCUT2D eigenvalue weighted by molar-refractivity contribution is 5.88. The van der Waals surface area contributed by atoms with Gasteiger partial charge in [-0.15, -0.1) is 0 Å². The zero-order chi connectivity index (χ0) is 15.7. The van der Waals surface area contributed by atoms with Crippen molar-refractivity contribution in [3.63, 3.8) is 0 Å². The first kappa shape index (κ1) is 14.7. The van der Waals surface area contributed by atoms with Crippen molar-refractivity contribution in [2.75, 3.05) is 37.7 Å². The summed E-state index contributed by atoms with van der Waals surface area (Å²) >= 11 is 0. The molecule has 0 saturated carbocycles. The summed E-state index contributed by atoms with van der Waals surface area (Å²) in [5.74, 6) is -0.0496. The monoisotopic (exact) mass is 303 g/mol. The van der Waals surface area contributed by atoms with Crippen LogP contribution in [0.15, 0.2) is 18.2 Å². The summed E-state index contributed by atoms with van der Waals surface area (Å²) in [6.07, 6.45) is -0.507. The number of rotatable bonds is 2. The molecule has 2 amide bonds. The molecule has 1 atom stereocenters. The lowest BCUT2D eigenvalue weighted by Crippen LogP contribution is -2.54. The van der Waals surface area contributed by atoms with Crippen molar-refractivity contribution in [1.82, 2.24) is 10.2 Å². The second-order valence-electron chi connectivity index (χ2n) is 5.83. The van der Waals surface area contributed by atoms with Crippen LogP contribution in [0.2, 0.25) is 0 Å². The van der Waals surface area contributed by atoms with Crippen molar-refractivity contribution >= 4 is 17.7 Å². The van der Waals surface area contributed by atoms with Gasteiger partial charge in [0.25, 0.3) is 0 Å². The van der Waals surface area contributed by atoms with Crippen molar-refractivity contribution in [3.8, 4) is 0 Å². The SMILES string of the molecule is Cc1cccc(N2CCN(C(=O)C3COC(=O)N3)CC2)c1C. The molecule has 0 aliphatic carbocycles. The number of hydrogen-bond acceptors (Lipinski definition) is 4. The number of amides is 2. The minimum absolute atomic E-state index is 0.0496. The number of hydrogen-bond donors (Lipinski definition) is 1. The van der Waals surface area contributed by atoms with Crippen molar-refractivity contribution in [2.24, 2.45) is 0 Å². The Labute approximate surface area is 130 Å². The van der Waals surface area contributed by atoms with Crippen LogP contribution >= 0.6 is 0 Å². The van der Waals surface area contributed by atoms with E-state index in [-0.39, 0.29) is 12.5 Å². The topological polar surface area (TPSA) is 61.9 Å². The van der Waals surface area contributed by atoms with Gasteiger partial charge < -0.3 is 19.9 Å². The number of aryl methyl sites for hydroxylation is 1. The number of piperazine rings is 1. The summed E-state index contributed by atoms with van der Waals surface area (Å²) in [4.78, 5) is 27.5. The normalized spacial score (nSPS) is 21.5. The van der Waals surface area contributed by atoms with E-state index in [9.17, 15) is 9.59 Å². The van der Waals surface area contributed by atoms with Crippen LogP contribution in [-0.2, 0) is 9.53 Å². The molecule has 0 bridgehead atoms. The lowest BCUT2D eigenvalue weighted by molar-refractivity contribution is -0.133. The number of alkyl carbamates (subject to hydrolysis) is 1. The molecule has 22 heavy (non-hydrogen) atoms. The standard InChI is InChI=1S/C16H21N3O3/c1-11-4-3-5-14(12(11)2)18-6-8-19(9-7-18)15(20)13-10-22-16(21)17-13/h3-5,13H,6-10H2,1-2H3,(H,17,21). The molecule has 2 saturated heterocycles. The zero-order valence-corrected chi connectivity index (χ0v) is 13.0. The second kappa shape index (κ2) is 5.87. The van der Waals surface area contributed by atoms with Gasteiger partial charge in [-0.05, 0) is 31.0 Å². The van der Waals surface area contributed by atoms with E-state index in [2.05, 4.69) is 42.3 Å². The zero-order valence-electron chi connectivity index (χ0n) is 13.0. The first-order chi connectivity index (χ1) is 10.6. The Balaban J connectivity index is 1.62. The molecular formula is C16H21N3O3. The van der Waals surface area contributed by atoms with Crippen molar-refractivity contribution in [1.29, 1.82) is 0 Å². The average molecular weight is 303 g/mol. The molecule has 2 aliphatic heterocycles. The molecule has 2 heterocycles. The van der Waals surface area contributed by atoms with Gasteiger partial charge in [-0.1, -0.05) is 12.1 Å². The molecule has 0 radical (unpaired) electrons. The molecule has 118 valence electrons. The molecular weight excluding hydrogens is 282 g/mol. The van der Waals surface area contributed by atoms with E-state index in [1.165, 1.54) is 16.8 Å². The van der Waals surface area contributed by atoms with Crippen LogP contribution in [0.5, 0.6) is 0 Å². The molecule has 2 aliphatic rings. The molecule has 2 fully saturated rings.